The first kappa shape index (κ1) is 31.7. The van der Waals surface area contributed by atoms with Crippen molar-refractivity contribution in [1.29, 1.82) is 0 Å². The normalized spacial score (nSPS) is 11.6. The zero-order valence-electron chi connectivity index (χ0n) is 23.7. The van der Waals surface area contributed by atoms with E-state index in [4.69, 9.17) is 19.3 Å². The maximum absolute atomic E-state index is 12.3. The van der Waals surface area contributed by atoms with E-state index in [1.807, 2.05) is 13.8 Å². The Morgan fingerprint density at radius 2 is 1.10 bits per heavy atom. The third-order valence-electron chi connectivity index (χ3n) is 5.78. The number of esters is 3. The third-order valence-corrected chi connectivity index (χ3v) is 5.78. The molecule has 0 spiro atoms. The number of hydrogen-bond acceptors (Lipinski definition) is 11. The number of carbonyl (C=O) groups is 4. The Balaban J connectivity index is 1.91. The number of hydrogen-bond donors (Lipinski definition) is 1. The largest absolute Gasteiger partial charge is 0.478 e. The lowest BCUT2D eigenvalue weighted by Gasteiger charge is -2.24. The van der Waals surface area contributed by atoms with E-state index in [2.05, 4.69) is 19.9 Å². The van der Waals surface area contributed by atoms with Crippen molar-refractivity contribution in [3.05, 3.63) is 69.9 Å². The molecule has 0 aliphatic heterocycles. The van der Waals surface area contributed by atoms with Crippen molar-refractivity contribution in [2.45, 2.75) is 80.1 Å². The van der Waals surface area contributed by atoms with Crippen molar-refractivity contribution in [3.8, 4) is 0 Å². The van der Waals surface area contributed by atoms with Crippen molar-refractivity contribution in [2.24, 2.45) is 0 Å². The van der Waals surface area contributed by atoms with E-state index in [1.54, 1.807) is 34.6 Å². The van der Waals surface area contributed by atoms with Crippen LogP contribution in [0.4, 0.5) is 0 Å². The Kier molecular flexibility index (Phi) is 11.2. The number of aryl methyl sites for hydroxylation is 6. The highest BCUT2D eigenvalue weighted by Gasteiger charge is 2.23. The molecule has 214 valence electrons. The predicted octanol–water partition coefficient (Wildman–Crippen LogP) is 3.05. The van der Waals surface area contributed by atoms with Gasteiger partial charge in [0.05, 0.1) is 45.6 Å². The monoisotopic (exact) mass is 554 g/mol. The van der Waals surface area contributed by atoms with E-state index in [-0.39, 0.29) is 13.2 Å². The van der Waals surface area contributed by atoms with Gasteiger partial charge in [-0.25, -0.2) is 19.2 Å². The first-order valence-corrected chi connectivity index (χ1v) is 12.5. The molecule has 2 heterocycles. The van der Waals surface area contributed by atoms with Gasteiger partial charge in [0.1, 0.15) is 18.8 Å². The lowest BCUT2D eigenvalue weighted by molar-refractivity contribution is -0.151. The number of carboxylic acids is 1. The fourth-order valence-corrected chi connectivity index (χ4v) is 3.40. The summed E-state index contributed by atoms with van der Waals surface area (Å²) >= 11 is 0. The molecule has 0 saturated heterocycles. The maximum atomic E-state index is 12.3. The second-order valence-electron chi connectivity index (χ2n) is 9.62. The van der Waals surface area contributed by atoms with Crippen LogP contribution in [0.5, 0.6) is 0 Å². The Morgan fingerprint density at radius 1 is 0.650 bits per heavy atom. The lowest BCUT2D eigenvalue weighted by atomic mass is 10.00. The molecule has 12 heteroatoms. The summed E-state index contributed by atoms with van der Waals surface area (Å²) in [5.41, 5.74) is 4.15. The first-order valence-electron chi connectivity index (χ1n) is 12.5. The standard InChI is InChI=1S/C28H34N4O8/c1-16-17(2)31-22(19(4)29-16)14-38-26(36)10-11-27(37)40-28(6,7)13-12-21-18(3)30-20(5)23(32-21)15-39-25(35)9-8-24(33)34/h8-11H,12-15H2,1-7H3,(H,33,34)/b9-8+,11-10+. The van der Waals surface area contributed by atoms with Crippen LogP contribution in [0.1, 0.15) is 65.8 Å². The Labute approximate surface area is 232 Å². The average molecular weight is 555 g/mol. The topological polar surface area (TPSA) is 168 Å². The minimum atomic E-state index is -1.26. The van der Waals surface area contributed by atoms with Crippen LogP contribution in [0, 0.1) is 34.6 Å². The number of ether oxygens (including phenoxy) is 3. The number of carbonyl (C=O) groups excluding carboxylic acids is 3. The minimum Gasteiger partial charge on any atom is -0.478 e. The molecule has 0 aromatic carbocycles. The quantitative estimate of drug-likeness (QED) is 0.232. The number of aliphatic carboxylic acids is 1. The van der Waals surface area contributed by atoms with Gasteiger partial charge in [-0.15, -0.1) is 0 Å². The van der Waals surface area contributed by atoms with Crippen LogP contribution in [0.2, 0.25) is 0 Å². The minimum absolute atomic E-state index is 0.0686. The van der Waals surface area contributed by atoms with E-state index < -0.39 is 29.5 Å². The number of aromatic nitrogens is 4. The first-order chi connectivity index (χ1) is 18.7. The zero-order valence-corrected chi connectivity index (χ0v) is 23.7. The van der Waals surface area contributed by atoms with Crippen LogP contribution in [-0.4, -0.2) is 54.5 Å². The molecule has 0 bridgehead atoms. The second-order valence-corrected chi connectivity index (χ2v) is 9.62. The average Bonchev–Trinajstić information content (AvgIpc) is 2.86. The van der Waals surface area contributed by atoms with Gasteiger partial charge in [0, 0.05) is 24.3 Å². The summed E-state index contributed by atoms with van der Waals surface area (Å²) in [6.45, 7) is 12.2. The zero-order chi connectivity index (χ0) is 30.0. The van der Waals surface area contributed by atoms with Crippen molar-refractivity contribution in [1.82, 2.24) is 19.9 Å². The van der Waals surface area contributed by atoms with Gasteiger partial charge in [-0.05, 0) is 61.3 Å². The molecule has 0 fully saturated rings. The molecule has 1 N–H and O–H groups in total. The van der Waals surface area contributed by atoms with Crippen LogP contribution in [0.25, 0.3) is 0 Å². The number of carboxylic acid groups (broad SMARTS) is 1. The molecule has 40 heavy (non-hydrogen) atoms. The maximum Gasteiger partial charge on any atom is 0.331 e. The fraction of sp³-hybridized carbons (Fsp3) is 0.429. The van der Waals surface area contributed by atoms with Crippen LogP contribution < -0.4 is 0 Å². The summed E-state index contributed by atoms with van der Waals surface area (Å²) in [4.78, 5) is 64.3. The molecule has 0 aliphatic rings. The Hall–Kier alpha value is -4.48. The molecule has 0 radical (unpaired) electrons. The fourth-order valence-electron chi connectivity index (χ4n) is 3.40. The molecule has 0 amide bonds. The van der Waals surface area contributed by atoms with Crippen LogP contribution in [0.3, 0.4) is 0 Å². The van der Waals surface area contributed by atoms with Crippen LogP contribution >= 0.6 is 0 Å². The summed E-state index contributed by atoms with van der Waals surface area (Å²) < 4.78 is 15.7. The molecule has 2 aromatic heterocycles. The van der Waals surface area contributed by atoms with Gasteiger partial charge in [-0.2, -0.15) is 0 Å². The van der Waals surface area contributed by atoms with E-state index in [0.717, 1.165) is 29.6 Å². The van der Waals surface area contributed by atoms with Gasteiger partial charge >= 0.3 is 23.9 Å². The second kappa shape index (κ2) is 14.1. The predicted molar refractivity (Wildman–Crippen MR) is 142 cm³/mol. The molecule has 0 saturated carbocycles. The SMILES string of the molecule is Cc1nc(C)c(COC(=O)/C=C/C(=O)OC(C)(C)CCc2nc(COC(=O)/C=C/C(=O)O)c(C)nc2C)nc1C. The van der Waals surface area contributed by atoms with Crippen molar-refractivity contribution in [2.75, 3.05) is 0 Å². The smallest absolute Gasteiger partial charge is 0.331 e. The number of rotatable bonds is 12. The summed E-state index contributed by atoms with van der Waals surface area (Å²) in [6.07, 6.45) is 4.29. The van der Waals surface area contributed by atoms with E-state index >= 15 is 0 Å². The lowest BCUT2D eigenvalue weighted by Crippen LogP contribution is -2.28. The molecule has 0 unspecified atom stereocenters. The summed E-state index contributed by atoms with van der Waals surface area (Å²) in [5, 5.41) is 8.60. The molecule has 2 rings (SSSR count). The van der Waals surface area contributed by atoms with Gasteiger partial charge in [0.2, 0.25) is 0 Å². The molecule has 0 atom stereocenters. The van der Waals surface area contributed by atoms with Gasteiger partial charge in [-0.3, -0.25) is 19.9 Å². The van der Waals surface area contributed by atoms with Crippen LogP contribution in [0.15, 0.2) is 24.3 Å². The van der Waals surface area contributed by atoms with E-state index in [1.165, 1.54) is 0 Å². The van der Waals surface area contributed by atoms with Crippen molar-refractivity contribution >= 4 is 23.9 Å². The van der Waals surface area contributed by atoms with Gasteiger partial charge in [0.15, 0.2) is 0 Å². The summed E-state index contributed by atoms with van der Waals surface area (Å²) in [7, 11) is 0. The third kappa shape index (κ3) is 10.4. The summed E-state index contributed by atoms with van der Waals surface area (Å²) in [6, 6.07) is 0. The summed E-state index contributed by atoms with van der Waals surface area (Å²) in [5.74, 6) is -3.50. The van der Waals surface area contributed by atoms with E-state index in [0.29, 0.717) is 53.1 Å². The Morgan fingerprint density at radius 3 is 1.68 bits per heavy atom. The van der Waals surface area contributed by atoms with E-state index in [9.17, 15) is 19.2 Å². The Bertz CT molecular complexity index is 1350. The highest BCUT2D eigenvalue weighted by Crippen LogP contribution is 2.20. The number of nitrogens with zero attached hydrogens (tertiary/aromatic N) is 4. The van der Waals surface area contributed by atoms with Crippen molar-refractivity contribution in [3.63, 3.8) is 0 Å². The molecule has 0 aliphatic carbocycles. The van der Waals surface area contributed by atoms with Crippen molar-refractivity contribution < 1.29 is 38.5 Å². The van der Waals surface area contributed by atoms with Gasteiger partial charge < -0.3 is 19.3 Å². The van der Waals surface area contributed by atoms with Gasteiger partial charge in [0.25, 0.3) is 0 Å². The molecular weight excluding hydrogens is 520 g/mol. The molecule has 2 aromatic rings. The highest BCUT2D eigenvalue weighted by atomic mass is 16.6. The van der Waals surface area contributed by atoms with Gasteiger partial charge in [-0.1, -0.05) is 0 Å². The highest BCUT2D eigenvalue weighted by molar-refractivity contribution is 5.92. The van der Waals surface area contributed by atoms with Crippen LogP contribution in [-0.2, 0) is 53.0 Å². The molecule has 12 nitrogen and oxygen atoms in total. The molecular formula is C28H34N4O8.